The number of ether oxygens (including phenoxy) is 6. The average molecular weight is 1770 g/mol. The van der Waals surface area contributed by atoms with Crippen molar-refractivity contribution < 1.29 is 118 Å². The van der Waals surface area contributed by atoms with Crippen LogP contribution in [0.15, 0.2) is 97.3 Å². The molecule has 6 fully saturated rings. The summed E-state index contributed by atoms with van der Waals surface area (Å²) in [5, 5.41) is 137. The number of fused-ring (bicyclic) bond motifs is 15. The second kappa shape index (κ2) is 38.2. The van der Waals surface area contributed by atoms with Crippen molar-refractivity contribution in [2.24, 2.45) is 35.3 Å². The number of aliphatic hydroxyl groups is 6. The maximum Gasteiger partial charge on any atom is 0.325 e. The van der Waals surface area contributed by atoms with Crippen molar-refractivity contribution in [3.8, 4) is 57.1 Å². The van der Waals surface area contributed by atoms with Crippen LogP contribution in [0.2, 0.25) is 5.02 Å². The summed E-state index contributed by atoms with van der Waals surface area (Å²) in [7, 11) is 1.49. The third kappa shape index (κ3) is 19.7. The molecule has 11 aliphatic rings. The minimum atomic E-state index is -2.40. The minimum Gasteiger partial charge on any atom is -0.508 e. The minimum absolute atomic E-state index is 0.0576. The molecule has 6 aromatic rings. The molecule has 676 valence electrons. The van der Waals surface area contributed by atoms with Crippen molar-refractivity contribution in [2.45, 2.75) is 227 Å². The number of nitrogens with zero attached hydrogens (tertiary/aromatic N) is 1. The van der Waals surface area contributed by atoms with Crippen LogP contribution in [0.4, 0.5) is 16.2 Å². The van der Waals surface area contributed by atoms with Gasteiger partial charge < -0.3 is 133 Å². The van der Waals surface area contributed by atoms with E-state index in [0.29, 0.717) is 24.1 Å². The number of urea groups is 1. The Morgan fingerprint density at radius 3 is 2.04 bits per heavy atom. The molecule has 4 aliphatic carbocycles. The molecule has 2 saturated heterocycles. The summed E-state index contributed by atoms with van der Waals surface area (Å²) < 4.78 is 39.4. The number of unbranched alkanes of at least 4 members (excludes halogenated alkanes) is 2. The smallest absolute Gasteiger partial charge is 0.325 e. The number of aromatic hydroxyl groups is 3. The van der Waals surface area contributed by atoms with Crippen LogP contribution in [0.25, 0.3) is 11.1 Å². The van der Waals surface area contributed by atoms with Gasteiger partial charge in [-0.05, 0) is 196 Å². The molecule has 15 bridgehead atoms. The number of halogens is 1. The number of pyridine rings is 1. The summed E-state index contributed by atoms with van der Waals surface area (Å²) in [6.07, 6.45) is -8.98. The number of carbonyl (C=O) groups excluding carboxylic acids is 9. The molecule has 0 radical (unpaired) electrons. The van der Waals surface area contributed by atoms with Crippen molar-refractivity contribution in [1.29, 1.82) is 0 Å². The number of anilines is 2. The number of phenols is 3. The number of imide groups is 1. The van der Waals surface area contributed by atoms with Crippen LogP contribution >= 0.6 is 11.6 Å². The van der Waals surface area contributed by atoms with E-state index < -0.39 is 221 Å². The molecule has 4 saturated carbocycles. The summed E-state index contributed by atoms with van der Waals surface area (Å²) in [6, 6.07) is 1.02. The molecule has 10 amide bonds. The Labute approximate surface area is 729 Å². The van der Waals surface area contributed by atoms with E-state index in [1.54, 1.807) is 6.07 Å². The first-order chi connectivity index (χ1) is 60.0. The Kier molecular flexibility index (Phi) is 27.7. The number of rotatable bonds is 20. The van der Waals surface area contributed by atoms with Gasteiger partial charge in [0.15, 0.2) is 23.9 Å². The third-order valence-corrected chi connectivity index (χ3v) is 25.3. The maximum absolute atomic E-state index is 16.7. The number of nitrogens with two attached hydrogens (primary N) is 1. The highest BCUT2D eigenvalue weighted by molar-refractivity contribution is 6.32. The molecule has 126 heavy (non-hydrogen) atoms. The van der Waals surface area contributed by atoms with Crippen LogP contribution in [0.1, 0.15) is 169 Å². The van der Waals surface area contributed by atoms with Crippen LogP contribution in [0.3, 0.4) is 0 Å². The van der Waals surface area contributed by atoms with Crippen LogP contribution in [-0.4, -0.2) is 209 Å². The molecule has 0 unspecified atom stereocenters. The fraction of sp³-hybridized carbons (Fsp3) is 0.500. The van der Waals surface area contributed by atoms with Gasteiger partial charge in [-0.15, -0.1) is 0 Å². The predicted octanol–water partition coefficient (Wildman–Crippen LogP) is 4.48. The highest BCUT2D eigenvalue weighted by Crippen LogP contribution is 2.55. The van der Waals surface area contributed by atoms with E-state index in [2.05, 4.69) is 63.5 Å². The number of likely N-dealkylation sites (N-methyl/N-ethyl adjacent to an activating group) is 1. The van der Waals surface area contributed by atoms with E-state index in [1.807, 2.05) is 20.8 Å². The van der Waals surface area contributed by atoms with Crippen molar-refractivity contribution >= 4 is 76.3 Å². The van der Waals surface area contributed by atoms with E-state index in [4.69, 9.17) is 45.8 Å². The normalized spacial score (nSPS) is 30.2. The number of benzene rings is 5. The predicted molar refractivity (Wildman–Crippen MR) is 451 cm³/mol. The van der Waals surface area contributed by atoms with Crippen molar-refractivity contribution in [2.75, 3.05) is 30.8 Å². The quantitative estimate of drug-likeness (QED) is 0.0468. The van der Waals surface area contributed by atoms with Gasteiger partial charge in [0, 0.05) is 47.9 Å². The number of amides is 10. The monoisotopic (exact) mass is 1770 g/mol. The zero-order chi connectivity index (χ0) is 90.2. The molecule has 5 aromatic carbocycles. The Morgan fingerprint density at radius 1 is 0.706 bits per heavy atom. The summed E-state index contributed by atoms with van der Waals surface area (Å²) in [6.45, 7) is 9.76. The topological polar surface area (TPSA) is 562 Å². The molecule has 38 heteroatoms. The summed E-state index contributed by atoms with van der Waals surface area (Å²) in [5.74, 6) is -13.1. The van der Waals surface area contributed by atoms with Gasteiger partial charge in [0.05, 0.1) is 53.9 Å². The maximum atomic E-state index is 16.7. The van der Waals surface area contributed by atoms with Gasteiger partial charge >= 0.3 is 6.03 Å². The first-order valence-electron chi connectivity index (χ1n) is 42.4. The molecule has 18 atom stereocenters. The van der Waals surface area contributed by atoms with Gasteiger partial charge in [0.2, 0.25) is 59.3 Å². The molecular formula is C88H108ClN13O24. The lowest BCUT2D eigenvalue weighted by Crippen LogP contribution is -2.64. The van der Waals surface area contributed by atoms with Gasteiger partial charge in [-0.2, -0.15) is 0 Å². The van der Waals surface area contributed by atoms with Crippen LogP contribution in [-0.2, 0) is 52.6 Å². The molecule has 7 aliphatic heterocycles. The van der Waals surface area contributed by atoms with E-state index in [1.165, 1.54) is 70.5 Å². The first kappa shape index (κ1) is 91.2. The summed E-state index contributed by atoms with van der Waals surface area (Å²) in [5.41, 5.74) is 3.83. The number of aryl methyl sites for hydroxylation is 1. The number of nitrogens with one attached hydrogen (secondary N) is 11. The fourth-order valence-corrected chi connectivity index (χ4v) is 18.9. The highest BCUT2D eigenvalue weighted by atomic mass is 35.5. The number of phenolic OH excluding ortho intramolecular Hbond substituents is 3. The van der Waals surface area contributed by atoms with Crippen molar-refractivity contribution in [3.63, 3.8) is 0 Å². The van der Waals surface area contributed by atoms with E-state index in [9.17, 15) is 60.3 Å². The SMILES string of the molecule is CCCCCNc1ccncc1NC(=O)NC(=O)C[C@@H]1NC(=O)[C@H](NC(=O)[C@@H](CC(C)C)NC)[C@H](O)c2ccc(c(C)c2)Oc2cc3cc(c2O[C@@H]2O[C@H](CO)[C@@H](O)[C@H](O)[C@H]2O[C@H]2C[C@](C)(N)[C@H](O)[C@H](C)O2)Oc2ccc(cc2Cl)[C@@H](O)[C@@H]2NC(=O)[C@H](NC(=O)[C@@H]3NC1=O)c1ccc(O)c(c1)-c1c(O)cc(O)cc1[C@@H](C(=O)NC1C3CC4CC(C3)CC1C4)NC2=O. The van der Waals surface area contributed by atoms with E-state index in [0.717, 1.165) is 99.9 Å². The second-order valence-corrected chi connectivity index (χ2v) is 35.2. The van der Waals surface area contributed by atoms with Gasteiger partial charge in [-0.1, -0.05) is 63.4 Å². The van der Waals surface area contributed by atoms with Gasteiger partial charge in [0.1, 0.15) is 95.5 Å². The van der Waals surface area contributed by atoms with Crippen molar-refractivity contribution in [1.82, 2.24) is 52.8 Å². The summed E-state index contributed by atoms with van der Waals surface area (Å²) >= 11 is 7.31. The second-order valence-electron chi connectivity index (χ2n) is 34.8. The highest BCUT2D eigenvalue weighted by Gasteiger charge is 2.53. The largest absolute Gasteiger partial charge is 0.508 e. The zero-order valence-corrected chi connectivity index (χ0v) is 71.0. The number of hydrogen-bond acceptors (Lipinski definition) is 28. The zero-order valence-electron chi connectivity index (χ0n) is 70.3. The van der Waals surface area contributed by atoms with Crippen LogP contribution in [0.5, 0.6) is 46.0 Å². The fourth-order valence-electron chi connectivity index (χ4n) is 18.7. The lowest BCUT2D eigenvalue weighted by molar-refractivity contribution is -0.333. The number of carbonyl (C=O) groups is 9. The third-order valence-electron chi connectivity index (χ3n) is 25.0. The Balaban J connectivity index is 0.958. The molecule has 37 nitrogen and oxygen atoms in total. The lowest BCUT2D eigenvalue weighted by atomic mass is 9.54. The summed E-state index contributed by atoms with van der Waals surface area (Å²) in [4.78, 5) is 144. The Bertz CT molecular complexity index is 5110. The Morgan fingerprint density at radius 2 is 1.37 bits per heavy atom. The standard InChI is InChI=1S/C88H108ClN13O24/c1-8-9-10-18-93-52-17-19-92-35-55(52)95-87(120)96-63(107)33-54-80(114)98-68-47-29-60(122-58-15-12-43(21-38(58)4)72(108)70(84(118)94-54)101-79(113)53(91-7)20-37(2)3)76(126-86-77(75(111)74(110)62(36-103)124-86)125-64-34-88(6,90)78(112)39(5)121-64)61(30-47)123-59-16-13-44(28-51(59)89)73(109)71-85(119)100-69(83(117)97-66-45-23-40-22-41(25-45)26-46(66)24-40)50-31-48(104)32-57(106)65(50)49-27-42(11-14-56(49)105)67(81(115)102-71)99-82(68)116/h11-17,19,21,27-32,35,37,39-41,45-46,53-54,62,64,66-75,77-78,86,91,103-106,108-112H,8-10,18,20,22-26,33-34,36,90H2,1-7H3,(H,92,93)(H,94,118)(H,97,117)(H,98,114)(H,99,116)(H,100,119)(H,101,113)(H,102,115)(H2,95,96,107,120)/t39-,40?,41?,45?,46?,53+,54-,62+,64-,66?,67+,68+,69-,70+,71-,72+,73+,74+,75-,77+,78+,86-,88-/m0/s1. The van der Waals surface area contributed by atoms with Gasteiger partial charge in [-0.3, -0.25) is 48.7 Å². The van der Waals surface area contributed by atoms with E-state index >= 15 is 28.8 Å². The van der Waals surface area contributed by atoms with Crippen molar-refractivity contribution in [3.05, 3.63) is 136 Å². The van der Waals surface area contributed by atoms with Crippen LogP contribution < -0.4 is 78.4 Å². The molecule has 8 heterocycles. The van der Waals surface area contributed by atoms with E-state index in [-0.39, 0.29) is 92.8 Å². The molecule has 1 aromatic heterocycles. The van der Waals surface area contributed by atoms with Gasteiger partial charge in [0.25, 0.3) is 0 Å². The molecule has 0 spiro atoms. The number of aliphatic hydroxyl groups excluding tert-OH is 6. The van der Waals surface area contributed by atoms with Crippen LogP contribution in [0, 0.1) is 36.5 Å². The van der Waals surface area contributed by atoms with Gasteiger partial charge in [-0.25, -0.2) is 4.79 Å². The first-order valence-corrected chi connectivity index (χ1v) is 42.8. The lowest BCUT2D eigenvalue weighted by Gasteiger charge is -2.54. The number of hydrogen-bond donors (Lipinski definition) is 21. The molecule has 17 rings (SSSR count). The Hall–Kier alpha value is -11.1. The molecular weight excluding hydrogens is 1660 g/mol. The molecule has 22 N–H and O–H groups in total. The number of aromatic nitrogens is 1. The average Bonchev–Trinajstić information content (AvgIpc) is 0.746.